The van der Waals surface area contributed by atoms with E-state index in [4.69, 9.17) is 9.15 Å². The van der Waals surface area contributed by atoms with E-state index in [0.717, 1.165) is 28.0 Å². The number of rotatable bonds is 3. The van der Waals surface area contributed by atoms with Gasteiger partial charge in [0.05, 0.1) is 7.11 Å². The molecule has 5 heteroatoms. The Balaban J connectivity index is 1.87. The molecule has 0 saturated carbocycles. The molecule has 0 spiro atoms. The first kappa shape index (κ1) is 15.6. The van der Waals surface area contributed by atoms with Gasteiger partial charge in [-0.25, -0.2) is 9.78 Å². The second-order valence-electron chi connectivity index (χ2n) is 5.68. The van der Waals surface area contributed by atoms with Crippen LogP contribution in [-0.4, -0.2) is 12.1 Å². The number of nitrogens with zero attached hydrogens (tertiary/aromatic N) is 1. The standard InChI is InChI=1S/C20H15NO3S/c1-12-5-3-4-6-15(12)18-21-19-17(20(22)24-18)16(11-25-19)13-7-9-14(23-2)10-8-13/h3-11H,1-2H3. The van der Waals surface area contributed by atoms with Gasteiger partial charge in [0, 0.05) is 16.5 Å². The Morgan fingerprint density at radius 2 is 1.80 bits per heavy atom. The summed E-state index contributed by atoms with van der Waals surface area (Å²) in [5.74, 6) is 1.13. The van der Waals surface area contributed by atoms with Crippen molar-refractivity contribution in [1.29, 1.82) is 0 Å². The Hall–Kier alpha value is -2.92. The molecule has 4 rings (SSSR count). The minimum absolute atomic E-state index is 0.360. The highest BCUT2D eigenvalue weighted by atomic mass is 32.1. The molecule has 0 N–H and O–H groups in total. The van der Waals surface area contributed by atoms with Gasteiger partial charge in [-0.3, -0.25) is 0 Å². The van der Waals surface area contributed by atoms with Crippen molar-refractivity contribution >= 4 is 21.6 Å². The highest BCUT2D eigenvalue weighted by Gasteiger charge is 2.16. The van der Waals surface area contributed by atoms with E-state index in [1.54, 1.807) is 7.11 Å². The van der Waals surface area contributed by atoms with Crippen LogP contribution in [-0.2, 0) is 0 Å². The third-order valence-corrected chi connectivity index (χ3v) is 5.02. The quantitative estimate of drug-likeness (QED) is 0.528. The Bertz CT molecular complexity index is 1110. The van der Waals surface area contributed by atoms with Gasteiger partial charge in [-0.05, 0) is 36.2 Å². The van der Waals surface area contributed by atoms with Gasteiger partial charge in [0.15, 0.2) is 0 Å². The van der Waals surface area contributed by atoms with E-state index < -0.39 is 0 Å². The largest absolute Gasteiger partial charge is 0.497 e. The minimum Gasteiger partial charge on any atom is -0.497 e. The Morgan fingerprint density at radius 1 is 1.04 bits per heavy atom. The summed E-state index contributed by atoms with van der Waals surface area (Å²) in [5.41, 5.74) is 3.26. The van der Waals surface area contributed by atoms with Gasteiger partial charge in [0.2, 0.25) is 5.89 Å². The monoisotopic (exact) mass is 349 g/mol. The lowest BCUT2D eigenvalue weighted by Gasteiger charge is -2.04. The van der Waals surface area contributed by atoms with Crippen molar-refractivity contribution in [3.05, 3.63) is 69.9 Å². The Kier molecular flexibility index (Phi) is 3.86. The topological polar surface area (TPSA) is 52.3 Å². The van der Waals surface area contributed by atoms with Gasteiger partial charge in [0.25, 0.3) is 0 Å². The molecular formula is C20H15NO3S. The molecule has 0 bridgehead atoms. The maximum atomic E-state index is 12.6. The van der Waals surface area contributed by atoms with Crippen LogP contribution in [0.3, 0.4) is 0 Å². The fourth-order valence-electron chi connectivity index (χ4n) is 2.79. The second kappa shape index (κ2) is 6.18. The molecule has 0 radical (unpaired) electrons. The summed E-state index contributed by atoms with van der Waals surface area (Å²) in [6.07, 6.45) is 0. The maximum absolute atomic E-state index is 12.6. The lowest BCUT2D eigenvalue weighted by Crippen LogP contribution is -2.02. The summed E-state index contributed by atoms with van der Waals surface area (Å²) < 4.78 is 10.7. The fourth-order valence-corrected chi connectivity index (χ4v) is 3.72. The molecule has 0 aliphatic carbocycles. The van der Waals surface area contributed by atoms with Crippen LogP contribution in [0.25, 0.3) is 32.8 Å². The van der Waals surface area contributed by atoms with Crippen molar-refractivity contribution in [1.82, 2.24) is 4.98 Å². The molecule has 4 aromatic rings. The first-order chi connectivity index (χ1) is 12.2. The Labute approximate surface area is 148 Å². The first-order valence-corrected chi connectivity index (χ1v) is 8.68. The molecule has 0 atom stereocenters. The van der Waals surface area contributed by atoms with E-state index in [2.05, 4.69) is 4.98 Å². The van der Waals surface area contributed by atoms with E-state index in [1.165, 1.54) is 11.3 Å². The van der Waals surface area contributed by atoms with E-state index >= 15 is 0 Å². The summed E-state index contributed by atoms with van der Waals surface area (Å²) in [4.78, 5) is 17.9. The van der Waals surface area contributed by atoms with E-state index in [9.17, 15) is 4.79 Å². The van der Waals surface area contributed by atoms with E-state index in [1.807, 2.05) is 60.8 Å². The summed E-state index contributed by atoms with van der Waals surface area (Å²) in [6, 6.07) is 15.3. The second-order valence-corrected chi connectivity index (χ2v) is 6.54. The fraction of sp³-hybridized carbons (Fsp3) is 0.100. The molecule has 0 aliphatic rings. The molecule has 0 aliphatic heterocycles. The summed E-state index contributed by atoms with van der Waals surface area (Å²) in [5, 5.41) is 2.46. The molecule has 0 amide bonds. The number of methoxy groups -OCH3 is 1. The minimum atomic E-state index is -0.365. The number of hydrogen-bond donors (Lipinski definition) is 0. The summed E-state index contributed by atoms with van der Waals surface area (Å²) in [7, 11) is 1.63. The number of hydrogen-bond acceptors (Lipinski definition) is 5. The van der Waals surface area contributed by atoms with Crippen molar-refractivity contribution < 1.29 is 9.15 Å². The number of fused-ring (bicyclic) bond motifs is 1. The molecule has 2 aromatic carbocycles. The Morgan fingerprint density at radius 3 is 2.52 bits per heavy atom. The highest BCUT2D eigenvalue weighted by Crippen LogP contribution is 2.33. The lowest BCUT2D eigenvalue weighted by atomic mass is 10.1. The SMILES string of the molecule is COc1ccc(-c2csc3nc(-c4ccccc4C)oc(=O)c23)cc1. The molecule has 124 valence electrons. The molecule has 2 aromatic heterocycles. The summed E-state index contributed by atoms with van der Waals surface area (Å²) in [6.45, 7) is 1.97. The summed E-state index contributed by atoms with van der Waals surface area (Å²) >= 11 is 1.45. The van der Waals surface area contributed by atoms with Crippen molar-refractivity contribution in [2.45, 2.75) is 6.92 Å². The highest BCUT2D eigenvalue weighted by molar-refractivity contribution is 7.17. The van der Waals surface area contributed by atoms with Gasteiger partial charge < -0.3 is 9.15 Å². The normalized spacial score (nSPS) is 11.0. The lowest BCUT2D eigenvalue weighted by molar-refractivity contribution is 0.415. The zero-order valence-electron chi connectivity index (χ0n) is 13.8. The van der Waals surface area contributed by atoms with E-state index in [-0.39, 0.29) is 5.63 Å². The van der Waals surface area contributed by atoms with Crippen molar-refractivity contribution in [2.75, 3.05) is 7.11 Å². The van der Waals surface area contributed by atoms with Gasteiger partial charge in [0.1, 0.15) is 16.0 Å². The van der Waals surface area contributed by atoms with Crippen LogP contribution < -0.4 is 10.4 Å². The van der Waals surface area contributed by atoms with Crippen molar-refractivity contribution in [2.24, 2.45) is 0 Å². The third-order valence-electron chi connectivity index (χ3n) is 4.14. The van der Waals surface area contributed by atoms with E-state index in [0.29, 0.717) is 16.1 Å². The van der Waals surface area contributed by atoms with Crippen molar-refractivity contribution in [3.8, 4) is 28.3 Å². The molecule has 0 saturated heterocycles. The number of thiophene rings is 1. The molecule has 0 fully saturated rings. The average Bonchev–Trinajstić information content (AvgIpc) is 3.07. The number of aryl methyl sites for hydroxylation is 1. The zero-order valence-corrected chi connectivity index (χ0v) is 14.6. The zero-order chi connectivity index (χ0) is 17.4. The predicted octanol–water partition coefficient (Wildman–Crippen LogP) is 4.90. The van der Waals surface area contributed by atoms with Gasteiger partial charge in [-0.15, -0.1) is 11.3 Å². The molecule has 0 unspecified atom stereocenters. The first-order valence-electron chi connectivity index (χ1n) is 7.80. The third kappa shape index (κ3) is 2.72. The van der Waals surface area contributed by atoms with Crippen LogP contribution in [0.15, 0.2) is 63.1 Å². The predicted molar refractivity (Wildman–Crippen MR) is 100 cm³/mol. The number of ether oxygens (including phenoxy) is 1. The average molecular weight is 349 g/mol. The number of benzene rings is 2. The van der Waals surface area contributed by atoms with Gasteiger partial charge in [-0.1, -0.05) is 30.3 Å². The molecular weight excluding hydrogens is 334 g/mol. The molecule has 4 nitrogen and oxygen atoms in total. The smallest absolute Gasteiger partial charge is 0.348 e. The number of aromatic nitrogens is 1. The van der Waals surface area contributed by atoms with Crippen LogP contribution in [0, 0.1) is 6.92 Å². The van der Waals surface area contributed by atoms with Crippen LogP contribution in [0.2, 0.25) is 0 Å². The maximum Gasteiger partial charge on any atom is 0.348 e. The van der Waals surface area contributed by atoms with Crippen LogP contribution in [0.1, 0.15) is 5.56 Å². The van der Waals surface area contributed by atoms with Crippen LogP contribution >= 0.6 is 11.3 Å². The molecule has 25 heavy (non-hydrogen) atoms. The van der Waals surface area contributed by atoms with Gasteiger partial charge in [-0.2, -0.15) is 0 Å². The van der Waals surface area contributed by atoms with Crippen molar-refractivity contribution in [3.63, 3.8) is 0 Å². The van der Waals surface area contributed by atoms with Gasteiger partial charge >= 0.3 is 5.63 Å². The van der Waals surface area contributed by atoms with Crippen LogP contribution in [0.4, 0.5) is 0 Å². The molecule has 2 heterocycles. The van der Waals surface area contributed by atoms with Crippen LogP contribution in [0.5, 0.6) is 5.75 Å².